The normalized spacial score (nSPS) is 11.5. The SMILES string of the molecule is CNC(=O)C(C)CN(C)C(=O)Nc1ccc(N)cc1. The van der Waals surface area contributed by atoms with Gasteiger partial charge in [0.25, 0.3) is 0 Å². The first-order chi connectivity index (χ1) is 8.93. The van der Waals surface area contributed by atoms with Crippen LogP contribution in [0, 0.1) is 5.92 Å². The lowest BCUT2D eigenvalue weighted by atomic mass is 10.1. The Balaban J connectivity index is 2.53. The number of nitrogens with zero attached hydrogens (tertiary/aromatic N) is 1. The minimum atomic E-state index is -0.263. The number of carbonyl (C=O) groups is 2. The molecular formula is C13H20N4O2. The third-order valence-electron chi connectivity index (χ3n) is 2.75. The van der Waals surface area contributed by atoms with Gasteiger partial charge in [-0.2, -0.15) is 0 Å². The summed E-state index contributed by atoms with van der Waals surface area (Å²) in [5.41, 5.74) is 6.87. The van der Waals surface area contributed by atoms with Crippen molar-refractivity contribution in [2.24, 2.45) is 5.92 Å². The van der Waals surface area contributed by atoms with Crippen molar-refractivity contribution in [2.45, 2.75) is 6.92 Å². The van der Waals surface area contributed by atoms with Gasteiger partial charge < -0.3 is 21.3 Å². The minimum absolute atomic E-state index is 0.0906. The molecule has 0 saturated carbocycles. The third-order valence-corrected chi connectivity index (χ3v) is 2.75. The van der Waals surface area contributed by atoms with Crippen molar-refractivity contribution in [3.63, 3.8) is 0 Å². The van der Waals surface area contributed by atoms with Crippen molar-refractivity contribution in [1.82, 2.24) is 10.2 Å². The van der Waals surface area contributed by atoms with Gasteiger partial charge in [-0.1, -0.05) is 6.92 Å². The Bertz CT molecular complexity index is 444. The standard InChI is InChI=1S/C13H20N4O2/c1-9(12(18)15-2)8-17(3)13(19)16-11-6-4-10(14)5-7-11/h4-7,9H,8,14H2,1-3H3,(H,15,18)(H,16,19). The molecule has 0 radical (unpaired) electrons. The molecule has 0 aliphatic carbocycles. The lowest BCUT2D eigenvalue weighted by Crippen LogP contribution is -2.39. The van der Waals surface area contributed by atoms with Gasteiger partial charge >= 0.3 is 6.03 Å². The molecule has 0 aromatic heterocycles. The first-order valence-electron chi connectivity index (χ1n) is 6.03. The molecule has 0 aliphatic rings. The summed E-state index contributed by atoms with van der Waals surface area (Å²) in [5, 5.41) is 5.28. The van der Waals surface area contributed by atoms with Crippen molar-refractivity contribution in [2.75, 3.05) is 31.7 Å². The lowest BCUT2D eigenvalue weighted by molar-refractivity contribution is -0.124. The van der Waals surface area contributed by atoms with Crippen LogP contribution >= 0.6 is 0 Å². The average molecular weight is 264 g/mol. The molecule has 0 saturated heterocycles. The number of amides is 3. The second-order valence-corrected chi connectivity index (χ2v) is 4.45. The van der Waals surface area contributed by atoms with Gasteiger partial charge in [-0.3, -0.25) is 4.79 Å². The van der Waals surface area contributed by atoms with E-state index < -0.39 is 0 Å². The molecular weight excluding hydrogens is 244 g/mol. The monoisotopic (exact) mass is 264 g/mol. The molecule has 1 unspecified atom stereocenters. The highest BCUT2D eigenvalue weighted by atomic mass is 16.2. The smallest absolute Gasteiger partial charge is 0.321 e. The van der Waals surface area contributed by atoms with Gasteiger partial charge in [-0.15, -0.1) is 0 Å². The Morgan fingerprint density at radius 2 is 1.89 bits per heavy atom. The first kappa shape index (κ1) is 14.8. The number of hydrogen-bond acceptors (Lipinski definition) is 3. The molecule has 0 heterocycles. The summed E-state index contributed by atoms with van der Waals surface area (Å²) in [6.45, 7) is 2.12. The number of hydrogen-bond donors (Lipinski definition) is 3. The summed E-state index contributed by atoms with van der Waals surface area (Å²) >= 11 is 0. The number of carbonyl (C=O) groups excluding carboxylic acids is 2. The highest BCUT2D eigenvalue weighted by Crippen LogP contribution is 2.11. The molecule has 0 spiro atoms. The molecule has 6 heteroatoms. The Morgan fingerprint density at radius 1 is 1.32 bits per heavy atom. The predicted molar refractivity (Wildman–Crippen MR) is 75.7 cm³/mol. The zero-order valence-electron chi connectivity index (χ0n) is 11.4. The lowest BCUT2D eigenvalue weighted by Gasteiger charge is -2.21. The van der Waals surface area contributed by atoms with Crippen molar-refractivity contribution in [1.29, 1.82) is 0 Å². The number of rotatable bonds is 4. The van der Waals surface area contributed by atoms with Crippen LogP contribution < -0.4 is 16.4 Å². The maximum atomic E-state index is 11.9. The maximum absolute atomic E-state index is 11.9. The molecule has 1 atom stereocenters. The zero-order valence-corrected chi connectivity index (χ0v) is 11.4. The Hall–Kier alpha value is -2.24. The number of urea groups is 1. The van der Waals surface area contributed by atoms with Crippen molar-refractivity contribution >= 4 is 23.3 Å². The van der Waals surface area contributed by atoms with Gasteiger partial charge in [0, 0.05) is 32.0 Å². The number of anilines is 2. The van der Waals surface area contributed by atoms with E-state index in [-0.39, 0.29) is 17.9 Å². The summed E-state index contributed by atoms with van der Waals surface area (Å²) in [5.74, 6) is -0.348. The van der Waals surface area contributed by atoms with Crippen LogP contribution in [0.5, 0.6) is 0 Å². The number of nitrogens with two attached hydrogens (primary N) is 1. The van der Waals surface area contributed by atoms with E-state index in [0.29, 0.717) is 17.9 Å². The molecule has 0 fully saturated rings. The average Bonchev–Trinajstić information content (AvgIpc) is 2.40. The summed E-state index contributed by atoms with van der Waals surface area (Å²) in [6, 6.07) is 6.61. The van der Waals surface area contributed by atoms with Crippen molar-refractivity contribution < 1.29 is 9.59 Å². The first-order valence-corrected chi connectivity index (χ1v) is 6.03. The van der Waals surface area contributed by atoms with Crippen LogP contribution in [0.25, 0.3) is 0 Å². The largest absolute Gasteiger partial charge is 0.399 e. The van der Waals surface area contributed by atoms with Crippen LogP contribution in [0.2, 0.25) is 0 Å². The van der Waals surface area contributed by atoms with Crippen molar-refractivity contribution in [3.8, 4) is 0 Å². The van der Waals surface area contributed by atoms with Gasteiger partial charge in [0.15, 0.2) is 0 Å². The van der Waals surface area contributed by atoms with Gasteiger partial charge in [-0.25, -0.2) is 4.79 Å². The zero-order chi connectivity index (χ0) is 14.4. The van der Waals surface area contributed by atoms with E-state index in [1.165, 1.54) is 4.90 Å². The molecule has 104 valence electrons. The quantitative estimate of drug-likeness (QED) is 0.712. The third kappa shape index (κ3) is 4.50. The molecule has 1 aromatic rings. The molecule has 1 rings (SSSR count). The molecule has 1 aromatic carbocycles. The highest BCUT2D eigenvalue weighted by Gasteiger charge is 2.17. The molecule has 3 amide bonds. The molecule has 6 nitrogen and oxygen atoms in total. The molecule has 0 aliphatic heterocycles. The fourth-order valence-corrected chi connectivity index (χ4v) is 1.61. The Labute approximate surface area is 113 Å². The second kappa shape index (κ2) is 6.63. The summed E-state index contributed by atoms with van der Waals surface area (Å²) in [7, 11) is 3.22. The van der Waals surface area contributed by atoms with Crippen LogP contribution in [0.15, 0.2) is 24.3 Å². The van der Waals surface area contributed by atoms with Gasteiger partial charge in [0.2, 0.25) is 5.91 Å². The maximum Gasteiger partial charge on any atom is 0.321 e. The van der Waals surface area contributed by atoms with E-state index in [1.54, 1.807) is 45.3 Å². The fourth-order valence-electron chi connectivity index (χ4n) is 1.61. The van der Waals surface area contributed by atoms with Gasteiger partial charge in [-0.05, 0) is 24.3 Å². The van der Waals surface area contributed by atoms with E-state index in [1.807, 2.05) is 0 Å². The van der Waals surface area contributed by atoms with Crippen LogP contribution in [0.3, 0.4) is 0 Å². The Kier molecular flexibility index (Phi) is 5.17. The van der Waals surface area contributed by atoms with E-state index >= 15 is 0 Å². The minimum Gasteiger partial charge on any atom is -0.399 e. The van der Waals surface area contributed by atoms with Gasteiger partial charge in [0.1, 0.15) is 0 Å². The van der Waals surface area contributed by atoms with E-state index in [4.69, 9.17) is 5.73 Å². The second-order valence-electron chi connectivity index (χ2n) is 4.45. The van der Waals surface area contributed by atoms with Crippen LogP contribution in [-0.2, 0) is 4.79 Å². The number of benzene rings is 1. The highest BCUT2D eigenvalue weighted by molar-refractivity contribution is 5.89. The Morgan fingerprint density at radius 3 is 2.42 bits per heavy atom. The predicted octanol–water partition coefficient (Wildman–Crippen LogP) is 1.11. The fraction of sp³-hybridized carbons (Fsp3) is 0.385. The summed E-state index contributed by atoms with van der Waals surface area (Å²) in [4.78, 5) is 24.7. The van der Waals surface area contributed by atoms with Crippen LogP contribution in [-0.4, -0.2) is 37.5 Å². The summed E-state index contributed by atoms with van der Waals surface area (Å²) in [6.07, 6.45) is 0. The van der Waals surface area contributed by atoms with Crippen LogP contribution in [0.4, 0.5) is 16.2 Å². The number of nitrogen functional groups attached to an aromatic ring is 1. The van der Waals surface area contributed by atoms with Crippen LogP contribution in [0.1, 0.15) is 6.92 Å². The molecule has 0 bridgehead atoms. The van der Waals surface area contributed by atoms with Gasteiger partial charge in [0.05, 0.1) is 5.92 Å². The molecule has 4 N–H and O–H groups in total. The molecule has 19 heavy (non-hydrogen) atoms. The van der Waals surface area contributed by atoms with E-state index in [0.717, 1.165) is 0 Å². The van der Waals surface area contributed by atoms with Crippen molar-refractivity contribution in [3.05, 3.63) is 24.3 Å². The van der Waals surface area contributed by atoms with E-state index in [9.17, 15) is 9.59 Å². The topological polar surface area (TPSA) is 87.5 Å². The number of nitrogens with one attached hydrogen (secondary N) is 2. The van der Waals surface area contributed by atoms with E-state index in [2.05, 4.69) is 10.6 Å². The summed E-state index contributed by atoms with van der Waals surface area (Å²) < 4.78 is 0.